The Bertz CT molecular complexity index is 1140. The third-order valence-corrected chi connectivity index (χ3v) is 5.80. The first-order valence-electron chi connectivity index (χ1n) is 10.7. The van der Waals surface area contributed by atoms with E-state index < -0.39 is 0 Å². The van der Waals surface area contributed by atoms with Gasteiger partial charge in [-0.25, -0.2) is 0 Å². The van der Waals surface area contributed by atoms with Crippen molar-refractivity contribution in [2.45, 2.75) is 33.6 Å². The highest BCUT2D eigenvalue weighted by molar-refractivity contribution is 5.75. The maximum absolute atomic E-state index is 3.31. The summed E-state index contributed by atoms with van der Waals surface area (Å²) in [6.45, 7) is 6.69. The summed E-state index contributed by atoms with van der Waals surface area (Å²) in [5, 5.41) is 0. The normalized spacial score (nSPS) is 15.2. The van der Waals surface area contributed by atoms with Gasteiger partial charge in [-0.1, -0.05) is 96.1 Å². The van der Waals surface area contributed by atoms with Gasteiger partial charge < -0.3 is 0 Å². The van der Waals surface area contributed by atoms with Crippen LogP contribution < -0.4 is 0 Å². The van der Waals surface area contributed by atoms with Crippen LogP contribution in [-0.2, 0) is 6.42 Å². The van der Waals surface area contributed by atoms with Crippen LogP contribution in [0.25, 0.3) is 5.57 Å². The van der Waals surface area contributed by atoms with Crippen LogP contribution in [0.3, 0.4) is 0 Å². The zero-order valence-electron chi connectivity index (χ0n) is 18.1. The van der Waals surface area contributed by atoms with Gasteiger partial charge in [0.25, 0.3) is 0 Å². The van der Waals surface area contributed by atoms with Crippen molar-refractivity contribution in [3.05, 3.63) is 124 Å². The Hall–Kier alpha value is -3.30. The molecule has 1 aliphatic carbocycles. The van der Waals surface area contributed by atoms with Crippen molar-refractivity contribution >= 4 is 5.57 Å². The average Bonchev–Trinajstić information content (AvgIpc) is 3.11. The fourth-order valence-corrected chi connectivity index (χ4v) is 4.28. The second kappa shape index (κ2) is 9.02. The van der Waals surface area contributed by atoms with Crippen LogP contribution in [0.2, 0.25) is 0 Å². The smallest absolute Gasteiger partial charge is 0.0255 e. The Morgan fingerprint density at radius 3 is 2.17 bits per heavy atom. The molecular formula is C30H28. The predicted molar refractivity (Wildman–Crippen MR) is 128 cm³/mol. The number of hydrogen-bond acceptors (Lipinski definition) is 0. The van der Waals surface area contributed by atoms with E-state index in [1.54, 1.807) is 0 Å². The van der Waals surface area contributed by atoms with Gasteiger partial charge in [-0.3, -0.25) is 0 Å². The van der Waals surface area contributed by atoms with Gasteiger partial charge in [-0.2, -0.15) is 0 Å². The topological polar surface area (TPSA) is 0 Å². The van der Waals surface area contributed by atoms with Crippen molar-refractivity contribution in [2.75, 3.05) is 0 Å². The molecule has 0 saturated carbocycles. The standard InChI is InChI=1S/C30H28/c1-22-18-23(2)20-27(19-22)14-15-28-16-17-30(24(28)3)29-11-7-10-26(21-29)13-12-25-8-5-4-6-9-25/h4-11,16-21,24H,14-15H2,1-3H3. The number of aryl methyl sites for hydroxylation is 3. The van der Waals surface area contributed by atoms with Gasteiger partial charge in [-0.15, -0.1) is 0 Å². The van der Waals surface area contributed by atoms with E-state index in [4.69, 9.17) is 0 Å². The molecule has 0 aromatic heterocycles. The fourth-order valence-electron chi connectivity index (χ4n) is 4.28. The van der Waals surface area contributed by atoms with Crippen LogP contribution in [0, 0.1) is 31.6 Å². The van der Waals surface area contributed by atoms with E-state index in [1.807, 2.05) is 30.3 Å². The molecule has 0 saturated heterocycles. The maximum Gasteiger partial charge on any atom is 0.0255 e. The minimum Gasteiger partial charge on any atom is -0.0626 e. The molecular weight excluding hydrogens is 360 g/mol. The molecule has 0 bridgehead atoms. The van der Waals surface area contributed by atoms with Crippen molar-refractivity contribution in [2.24, 2.45) is 5.92 Å². The molecule has 0 heteroatoms. The van der Waals surface area contributed by atoms with Gasteiger partial charge >= 0.3 is 0 Å². The highest BCUT2D eigenvalue weighted by atomic mass is 14.2. The van der Waals surface area contributed by atoms with Crippen LogP contribution in [0.4, 0.5) is 0 Å². The lowest BCUT2D eigenvalue weighted by atomic mass is 9.89. The first-order valence-corrected chi connectivity index (χ1v) is 10.7. The first-order chi connectivity index (χ1) is 14.6. The summed E-state index contributed by atoms with van der Waals surface area (Å²) in [5.41, 5.74) is 10.4. The molecule has 1 unspecified atom stereocenters. The molecule has 0 radical (unpaired) electrons. The van der Waals surface area contributed by atoms with E-state index in [9.17, 15) is 0 Å². The minimum atomic E-state index is 0.452. The molecule has 0 heterocycles. The van der Waals surface area contributed by atoms with Crippen molar-refractivity contribution in [3.8, 4) is 11.8 Å². The van der Waals surface area contributed by atoms with Gasteiger partial charge in [0.1, 0.15) is 0 Å². The summed E-state index contributed by atoms with van der Waals surface area (Å²) in [5.74, 6) is 7.03. The van der Waals surface area contributed by atoms with Crippen LogP contribution >= 0.6 is 0 Å². The van der Waals surface area contributed by atoms with Crippen molar-refractivity contribution in [3.63, 3.8) is 0 Å². The van der Waals surface area contributed by atoms with Crippen LogP contribution in [0.1, 0.15) is 46.7 Å². The molecule has 3 aromatic rings. The third kappa shape index (κ3) is 4.81. The van der Waals surface area contributed by atoms with Crippen LogP contribution in [-0.4, -0.2) is 0 Å². The Morgan fingerprint density at radius 2 is 1.40 bits per heavy atom. The van der Waals surface area contributed by atoms with Crippen LogP contribution in [0.5, 0.6) is 0 Å². The lowest BCUT2D eigenvalue weighted by molar-refractivity contribution is 0.799. The fraction of sp³-hybridized carbons (Fsp3) is 0.200. The number of rotatable bonds is 4. The zero-order valence-corrected chi connectivity index (χ0v) is 18.1. The summed E-state index contributed by atoms with van der Waals surface area (Å²) in [6.07, 6.45) is 6.83. The Balaban J connectivity index is 1.44. The summed E-state index contributed by atoms with van der Waals surface area (Å²) >= 11 is 0. The van der Waals surface area contributed by atoms with E-state index in [-0.39, 0.29) is 0 Å². The van der Waals surface area contributed by atoms with Gasteiger partial charge in [-0.05, 0) is 67.7 Å². The predicted octanol–water partition coefficient (Wildman–Crippen LogP) is 7.30. The molecule has 0 N–H and O–H groups in total. The highest BCUT2D eigenvalue weighted by Crippen LogP contribution is 2.36. The highest BCUT2D eigenvalue weighted by Gasteiger charge is 2.19. The van der Waals surface area contributed by atoms with E-state index in [1.165, 1.54) is 33.4 Å². The number of benzene rings is 3. The molecule has 0 nitrogen and oxygen atoms in total. The Morgan fingerprint density at radius 1 is 0.700 bits per heavy atom. The molecule has 148 valence electrons. The Labute approximate surface area is 181 Å². The first kappa shape index (κ1) is 20.0. The second-order valence-electron chi connectivity index (χ2n) is 8.28. The van der Waals surface area contributed by atoms with Crippen molar-refractivity contribution in [1.29, 1.82) is 0 Å². The summed E-state index contributed by atoms with van der Waals surface area (Å²) in [7, 11) is 0. The molecule has 0 spiro atoms. The van der Waals surface area contributed by atoms with E-state index in [2.05, 4.69) is 87.2 Å². The molecule has 4 rings (SSSR count). The van der Waals surface area contributed by atoms with E-state index >= 15 is 0 Å². The Kier molecular flexibility index (Phi) is 6.01. The maximum atomic E-state index is 3.31. The molecule has 0 amide bonds. The van der Waals surface area contributed by atoms with E-state index in [0.717, 1.165) is 24.0 Å². The summed E-state index contributed by atoms with van der Waals surface area (Å²) in [6, 6.07) is 25.7. The lowest BCUT2D eigenvalue weighted by Gasteiger charge is -2.16. The number of allylic oxidation sites excluding steroid dienone is 4. The van der Waals surface area contributed by atoms with E-state index in [0.29, 0.717) is 5.92 Å². The minimum absolute atomic E-state index is 0.452. The molecule has 30 heavy (non-hydrogen) atoms. The summed E-state index contributed by atoms with van der Waals surface area (Å²) < 4.78 is 0. The zero-order chi connectivity index (χ0) is 20.9. The van der Waals surface area contributed by atoms with Gasteiger partial charge in [0.15, 0.2) is 0 Å². The summed E-state index contributed by atoms with van der Waals surface area (Å²) in [4.78, 5) is 0. The van der Waals surface area contributed by atoms with Crippen molar-refractivity contribution < 1.29 is 0 Å². The van der Waals surface area contributed by atoms with Crippen LogP contribution in [0.15, 0.2) is 90.5 Å². The average molecular weight is 389 g/mol. The molecule has 3 aromatic carbocycles. The largest absolute Gasteiger partial charge is 0.0626 e. The molecule has 0 fully saturated rings. The quantitative estimate of drug-likeness (QED) is 0.411. The lowest BCUT2D eigenvalue weighted by Crippen LogP contribution is -2.01. The SMILES string of the molecule is Cc1cc(C)cc(CCC2=CC=C(c3cccc(C#Cc4ccccc4)c3)C2C)c1. The van der Waals surface area contributed by atoms with Crippen molar-refractivity contribution in [1.82, 2.24) is 0 Å². The molecule has 1 aliphatic rings. The second-order valence-corrected chi connectivity index (χ2v) is 8.28. The van der Waals surface area contributed by atoms with Gasteiger partial charge in [0.05, 0.1) is 0 Å². The van der Waals surface area contributed by atoms with Gasteiger partial charge in [0.2, 0.25) is 0 Å². The third-order valence-electron chi connectivity index (χ3n) is 5.80. The molecule has 0 aliphatic heterocycles. The van der Waals surface area contributed by atoms with Gasteiger partial charge in [0, 0.05) is 17.0 Å². The monoisotopic (exact) mass is 388 g/mol. The molecule has 1 atom stereocenters. The number of hydrogen-bond donors (Lipinski definition) is 0.